The number of hydrogen-bond acceptors (Lipinski definition) is 5. The van der Waals surface area contributed by atoms with Crippen LogP contribution in [0.1, 0.15) is 11.1 Å². The molecule has 0 aliphatic carbocycles. The third kappa shape index (κ3) is 4.92. The molecule has 3 rings (SSSR count). The van der Waals surface area contributed by atoms with E-state index in [2.05, 4.69) is 19.6 Å². The smallest absolute Gasteiger partial charge is 0.497 e. The summed E-state index contributed by atoms with van der Waals surface area (Å²) in [5.41, 5.74) is 9.45. The Balaban J connectivity index is 1.80. The zero-order chi connectivity index (χ0) is 21.8. The molecule has 2 aromatic carbocycles. The van der Waals surface area contributed by atoms with Gasteiger partial charge in [-0.05, 0) is 23.7 Å². The molecule has 0 radical (unpaired) electrons. The molecule has 1 aliphatic heterocycles. The molecule has 30 heavy (non-hydrogen) atoms. The molecule has 2 aromatic rings. The fourth-order valence-electron chi connectivity index (χ4n) is 3.72. The quantitative estimate of drug-likeness (QED) is 0.380. The molecule has 0 spiro atoms. The van der Waals surface area contributed by atoms with Crippen molar-refractivity contribution in [2.24, 2.45) is 5.73 Å². The van der Waals surface area contributed by atoms with Gasteiger partial charge in [-0.15, -0.1) is 0 Å². The van der Waals surface area contributed by atoms with E-state index in [0.29, 0.717) is 13.2 Å². The van der Waals surface area contributed by atoms with Crippen LogP contribution in [0.3, 0.4) is 0 Å². The average Bonchev–Trinajstić information content (AvgIpc) is 3.12. The second-order valence-electron chi connectivity index (χ2n) is 8.95. The first-order chi connectivity index (χ1) is 14.3. The molecule has 1 amide bonds. The van der Waals surface area contributed by atoms with E-state index in [0.717, 1.165) is 35.0 Å². The molecule has 0 saturated heterocycles. The topological polar surface area (TPSA) is 70.8 Å². The van der Waals surface area contributed by atoms with Gasteiger partial charge in [0.2, 0.25) is 0 Å². The van der Waals surface area contributed by atoms with Crippen molar-refractivity contribution < 1.29 is 19.0 Å². The van der Waals surface area contributed by atoms with Crippen molar-refractivity contribution in [1.82, 2.24) is 4.48 Å². The number of amides is 1. The summed E-state index contributed by atoms with van der Waals surface area (Å²) in [6, 6.07) is 16.5. The maximum Gasteiger partial charge on any atom is 0.524 e. The largest absolute Gasteiger partial charge is 0.524 e. The maximum atomic E-state index is 13.4. The fourth-order valence-corrected chi connectivity index (χ4v) is 4.43. The number of para-hydroxylation sites is 1. The van der Waals surface area contributed by atoms with Crippen LogP contribution in [0.2, 0.25) is 25.7 Å². The van der Waals surface area contributed by atoms with E-state index in [4.69, 9.17) is 19.9 Å². The lowest BCUT2D eigenvalue weighted by Gasteiger charge is -2.35. The molecular weight excluding hydrogens is 396 g/mol. The van der Waals surface area contributed by atoms with Crippen LogP contribution in [0.4, 0.5) is 10.5 Å². The predicted molar refractivity (Wildman–Crippen MR) is 122 cm³/mol. The lowest BCUT2D eigenvalue weighted by Crippen LogP contribution is -2.64. The lowest BCUT2D eigenvalue weighted by molar-refractivity contribution is -0.0502. The van der Waals surface area contributed by atoms with Crippen molar-refractivity contribution in [3.05, 3.63) is 59.7 Å². The molecule has 0 bridgehead atoms. The van der Waals surface area contributed by atoms with Crippen molar-refractivity contribution in [1.29, 1.82) is 0 Å². The Bertz CT molecular complexity index is 884. The van der Waals surface area contributed by atoms with E-state index in [1.165, 1.54) is 0 Å². The first-order valence-electron chi connectivity index (χ1n) is 10.4. The number of nitrogens with two attached hydrogens (primary N) is 1. The Morgan fingerprint density at radius 1 is 1.17 bits per heavy atom. The van der Waals surface area contributed by atoms with E-state index in [-0.39, 0.29) is 17.2 Å². The number of carbonyl (C=O) groups is 1. The van der Waals surface area contributed by atoms with Crippen molar-refractivity contribution in [2.45, 2.75) is 45.1 Å². The molecule has 1 heterocycles. The summed E-state index contributed by atoms with van der Waals surface area (Å²) >= 11 is 0. The normalized spacial score (nSPS) is 19.2. The van der Waals surface area contributed by atoms with Crippen molar-refractivity contribution in [2.75, 3.05) is 20.3 Å². The zero-order valence-electron chi connectivity index (χ0n) is 18.4. The van der Waals surface area contributed by atoms with Gasteiger partial charge in [-0.1, -0.05) is 50.0 Å². The number of carbonyl (C=O) groups excluding carboxylic acids is 1. The third-order valence-electron chi connectivity index (χ3n) is 5.55. The minimum Gasteiger partial charge on any atom is -0.497 e. The number of hydrogen-bond donors (Lipinski definition) is 1. The van der Waals surface area contributed by atoms with E-state index in [1.807, 2.05) is 48.5 Å². The summed E-state index contributed by atoms with van der Waals surface area (Å²) in [5, 5.41) is 0. The monoisotopic (exact) mass is 429 g/mol. The van der Waals surface area contributed by atoms with Crippen LogP contribution in [0.25, 0.3) is 0 Å². The van der Waals surface area contributed by atoms with Crippen LogP contribution in [-0.4, -0.2) is 40.8 Å². The highest BCUT2D eigenvalue weighted by Gasteiger charge is 2.52. The Morgan fingerprint density at radius 2 is 1.93 bits per heavy atom. The van der Waals surface area contributed by atoms with Gasteiger partial charge < -0.3 is 14.2 Å². The molecule has 2 unspecified atom stereocenters. The van der Waals surface area contributed by atoms with Crippen LogP contribution in [-0.2, 0) is 22.5 Å². The molecule has 162 valence electrons. The lowest BCUT2D eigenvalue weighted by atomic mass is 10.2. The number of rotatable bonds is 8. The molecular formula is C23H33N2O4Si+. The molecule has 7 heteroatoms. The summed E-state index contributed by atoms with van der Waals surface area (Å²) < 4.78 is 16.9. The number of benzene rings is 2. The van der Waals surface area contributed by atoms with Crippen molar-refractivity contribution in [3.63, 3.8) is 0 Å². The van der Waals surface area contributed by atoms with Gasteiger partial charge in [0.25, 0.3) is 6.35 Å². The van der Waals surface area contributed by atoms with Crippen LogP contribution < -0.4 is 15.0 Å². The summed E-state index contributed by atoms with van der Waals surface area (Å²) in [6.45, 7) is 8.02. The number of methoxy groups -OCH3 is 1. The highest BCUT2D eigenvalue weighted by Crippen LogP contribution is 2.37. The molecule has 2 atom stereocenters. The van der Waals surface area contributed by atoms with Crippen LogP contribution in [0, 0.1) is 0 Å². The van der Waals surface area contributed by atoms with Gasteiger partial charge >= 0.3 is 6.09 Å². The highest BCUT2D eigenvalue weighted by molar-refractivity contribution is 6.76. The van der Waals surface area contributed by atoms with Crippen LogP contribution >= 0.6 is 0 Å². The predicted octanol–water partition coefficient (Wildman–Crippen LogP) is 4.49. The average molecular weight is 430 g/mol. The van der Waals surface area contributed by atoms with Crippen molar-refractivity contribution >= 4 is 19.9 Å². The third-order valence-corrected chi connectivity index (χ3v) is 7.25. The molecule has 0 aromatic heterocycles. The van der Waals surface area contributed by atoms with Gasteiger partial charge in [-0.25, -0.2) is 0 Å². The van der Waals surface area contributed by atoms with Crippen LogP contribution in [0.15, 0.2) is 48.5 Å². The van der Waals surface area contributed by atoms with Gasteiger partial charge in [0.15, 0.2) is 0 Å². The first-order valence-corrected chi connectivity index (χ1v) is 14.1. The van der Waals surface area contributed by atoms with Gasteiger partial charge in [0.1, 0.15) is 18.0 Å². The van der Waals surface area contributed by atoms with Gasteiger partial charge in [-0.2, -0.15) is 9.28 Å². The standard InChI is InChI=1S/C23H33N2O4Si/c1-27-20-10-7-8-18(16-20)17-29-22(24)25(23(26)28-14-15-30(2,3)4)13-12-19-9-5-6-11-21(19)25/h5-11,16,22H,12-15,17,24H2,1-4H3/q+1. The Labute approximate surface area is 180 Å². The van der Waals surface area contributed by atoms with Gasteiger partial charge in [0, 0.05) is 26.1 Å². The van der Waals surface area contributed by atoms with E-state index in [9.17, 15) is 4.79 Å². The fraction of sp³-hybridized carbons (Fsp3) is 0.435. The Kier molecular flexibility index (Phi) is 6.97. The van der Waals surface area contributed by atoms with Gasteiger partial charge in [-0.3, -0.25) is 5.73 Å². The minimum atomic E-state index is -1.31. The van der Waals surface area contributed by atoms with Crippen molar-refractivity contribution in [3.8, 4) is 5.75 Å². The van der Waals surface area contributed by atoms with E-state index < -0.39 is 14.4 Å². The Morgan fingerprint density at radius 3 is 2.67 bits per heavy atom. The molecule has 2 N–H and O–H groups in total. The number of ether oxygens (including phenoxy) is 3. The first kappa shape index (κ1) is 22.5. The summed E-state index contributed by atoms with van der Waals surface area (Å²) in [4.78, 5) is 13.4. The summed E-state index contributed by atoms with van der Waals surface area (Å²) in [7, 11) is 0.315. The molecule has 0 fully saturated rings. The SMILES string of the molecule is COc1cccc(COC(N)[N+]2(C(=O)OCC[Si](C)(C)C)CCc3ccccc32)c1. The number of quaternary nitrogens is 1. The number of nitrogens with zero attached hydrogens (tertiary/aromatic N) is 1. The van der Waals surface area contributed by atoms with Crippen LogP contribution in [0.5, 0.6) is 5.75 Å². The Hall–Kier alpha value is -2.19. The highest BCUT2D eigenvalue weighted by atomic mass is 28.3. The second-order valence-corrected chi connectivity index (χ2v) is 14.6. The molecule has 0 saturated carbocycles. The molecule has 1 aliphatic rings. The minimum absolute atomic E-state index is 0.133. The zero-order valence-corrected chi connectivity index (χ0v) is 19.4. The summed E-state index contributed by atoms with van der Waals surface area (Å²) in [6.07, 6.45) is -0.439. The van der Waals surface area contributed by atoms with E-state index >= 15 is 0 Å². The maximum absolute atomic E-state index is 13.4. The van der Waals surface area contributed by atoms with Gasteiger partial charge in [0.05, 0.1) is 20.3 Å². The second kappa shape index (κ2) is 9.30. The molecule has 6 nitrogen and oxygen atoms in total. The summed E-state index contributed by atoms with van der Waals surface area (Å²) in [5.74, 6) is 0.755. The number of fused-ring (bicyclic) bond motifs is 1. The van der Waals surface area contributed by atoms with E-state index in [1.54, 1.807) is 7.11 Å².